The number of ether oxygens (including phenoxy) is 2. The molecule has 0 aliphatic carbocycles. The molecule has 0 bridgehead atoms. The molecule has 1 heterocycles. The number of carbonyl (C=O) groups is 2. The van der Waals surface area contributed by atoms with Gasteiger partial charge in [0.25, 0.3) is 5.56 Å². The number of carbonyl (C=O) groups excluding carboxylic acids is 2. The van der Waals surface area contributed by atoms with Crippen LogP contribution in [0.3, 0.4) is 0 Å². The molecule has 2 rings (SSSR count). The number of hydrogen-bond acceptors (Lipinski definition) is 6. The first kappa shape index (κ1) is 19.7. The number of H-pyrrole nitrogens is 1. The third-order valence-corrected chi connectivity index (χ3v) is 3.65. The highest BCUT2D eigenvalue weighted by Crippen LogP contribution is 2.23. The summed E-state index contributed by atoms with van der Waals surface area (Å²) >= 11 is 0. The summed E-state index contributed by atoms with van der Waals surface area (Å²) < 4.78 is 9.83. The minimum Gasteiger partial charge on any atom is -0.507 e. The van der Waals surface area contributed by atoms with E-state index in [1.54, 1.807) is 31.2 Å². The first-order chi connectivity index (χ1) is 12.8. The summed E-state index contributed by atoms with van der Waals surface area (Å²) in [7, 11) is 1.26. The fourth-order valence-electron chi connectivity index (χ4n) is 2.35. The molecule has 2 N–H and O–H groups in total. The number of aromatic hydroxyl groups is 1. The summed E-state index contributed by atoms with van der Waals surface area (Å²) in [5.74, 6) is -1.18. The van der Waals surface area contributed by atoms with E-state index < -0.39 is 23.1 Å². The van der Waals surface area contributed by atoms with Crippen molar-refractivity contribution in [2.45, 2.75) is 6.92 Å². The second kappa shape index (κ2) is 8.66. The van der Waals surface area contributed by atoms with Crippen molar-refractivity contribution >= 4 is 17.3 Å². The Hall–Kier alpha value is -3.61. The molecule has 7 heteroatoms. The van der Waals surface area contributed by atoms with E-state index in [2.05, 4.69) is 16.3 Å². The Morgan fingerprint density at radius 1 is 1.30 bits per heavy atom. The number of aryl methyl sites for hydroxylation is 1. The summed E-state index contributed by atoms with van der Waals surface area (Å²) in [6, 6.07) is 7.96. The highest BCUT2D eigenvalue weighted by Gasteiger charge is 2.15. The number of aromatic amines is 1. The fraction of sp³-hybridized carbons (Fsp3) is 0.150. The van der Waals surface area contributed by atoms with Gasteiger partial charge in [-0.3, -0.25) is 9.59 Å². The van der Waals surface area contributed by atoms with Crippen LogP contribution in [0.2, 0.25) is 0 Å². The topological polar surface area (TPSA) is 106 Å². The maximum Gasteiger partial charge on any atom is 0.343 e. The summed E-state index contributed by atoms with van der Waals surface area (Å²) in [6.07, 6.45) is 2.64. The van der Waals surface area contributed by atoms with Gasteiger partial charge in [0, 0.05) is 5.69 Å². The fourth-order valence-corrected chi connectivity index (χ4v) is 2.35. The molecule has 0 saturated carbocycles. The summed E-state index contributed by atoms with van der Waals surface area (Å²) in [5.41, 5.74) is 0.425. The van der Waals surface area contributed by atoms with Crippen LogP contribution < -0.4 is 10.3 Å². The van der Waals surface area contributed by atoms with Crippen molar-refractivity contribution < 1.29 is 24.2 Å². The van der Waals surface area contributed by atoms with Crippen LogP contribution in [0.4, 0.5) is 0 Å². The Kier molecular flexibility index (Phi) is 6.32. The summed E-state index contributed by atoms with van der Waals surface area (Å²) in [5, 5.41) is 9.93. The van der Waals surface area contributed by atoms with Crippen molar-refractivity contribution in [3.05, 3.63) is 76.2 Å². The van der Waals surface area contributed by atoms with Gasteiger partial charge in [0.15, 0.2) is 12.4 Å². The normalized spacial score (nSPS) is 11.0. The number of pyridine rings is 1. The molecule has 7 nitrogen and oxygen atoms in total. The minimum absolute atomic E-state index is 0.251. The number of methoxy groups -OCH3 is 1. The van der Waals surface area contributed by atoms with E-state index >= 15 is 0 Å². The molecule has 0 saturated heterocycles. The zero-order chi connectivity index (χ0) is 20.0. The highest BCUT2D eigenvalue weighted by atomic mass is 16.6. The Labute approximate surface area is 155 Å². The van der Waals surface area contributed by atoms with E-state index in [0.29, 0.717) is 22.6 Å². The predicted octanol–water partition coefficient (Wildman–Crippen LogP) is 2.39. The van der Waals surface area contributed by atoms with Gasteiger partial charge in [0.1, 0.15) is 17.1 Å². The molecule has 27 heavy (non-hydrogen) atoms. The van der Waals surface area contributed by atoms with Gasteiger partial charge < -0.3 is 19.6 Å². The first-order valence-corrected chi connectivity index (χ1v) is 7.97. The van der Waals surface area contributed by atoms with Crippen LogP contribution in [-0.2, 0) is 9.53 Å². The van der Waals surface area contributed by atoms with Gasteiger partial charge in [-0.2, -0.15) is 0 Å². The van der Waals surface area contributed by atoms with Crippen LogP contribution in [0, 0.1) is 6.92 Å². The van der Waals surface area contributed by atoms with Crippen molar-refractivity contribution in [2.24, 2.45) is 0 Å². The molecule has 0 atom stereocenters. The van der Waals surface area contributed by atoms with Gasteiger partial charge in [-0.05, 0) is 42.3 Å². The number of benzene rings is 1. The zero-order valence-corrected chi connectivity index (χ0v) is 14.9. The van der Waals surface area contributed by atoms with Crippen LogP contribution in [0.15, 0.2) is 53.9 Å². The van der Waals surface area contributed by atoms with Crippen molar-refractivity contribution in [3.8, 4) is 11.5 Å². The van der Waals surface area contributed by atoms with Crippen molar-refractivity contribution in [2.75, 3.05) is 13.7 Å². The molecule has 0 amide bonds. The lowest BCUT2D eigenvalue weighted by Gasteiger charge is -2.08. The van der Waals surface area contributed by atoms with Gasteiger partial charge >= 0.3 is 5.97 Å². The molecule has 0 spiro atoms. The number of allylic oxidation sites excluding steroid dienone is 3. The largest absolute Gasteiger partial charge is 0.507 e. The van der Waals surface area contributed by atoms with E-state index in [9.17, 15) is 19.5 Å². The van der Waals surface area contributed by atoms with Crippen LogP contribution in [0.25, 0.3) is 5.57 Å². The van der Waals surface area contributed by atoms with Crippen LogP contribution in [0.1, 0.15) is 21.6 Å². The monoisotopic (exact) mass is 369 g/mol. The van der Waals surface area contributed by atoms with E-state index in [1.165, 1.54) is 25.3 Å². The number of aromatic nitrogens is 1. The maximum atomic E-state index is 12.5. The highest BCUT2D eigenvalue weighted by molar-refractivity contribution is 6.10. The van der Waals surface area contributed by atoms with Crippen LogP contribution in [0.5, 0.6) is 11.5 Å². The molecule has 140 valence electrons. The number of nitrogens with one attached hydrogen (secondary N) is 1. The quantitative estimate of drug-likeness (QED) is 0.336. The molecule has 0 radical (unpaired) electrons. The average molecular weight is 369 g/mol. The molecular formula is C20H19NO6. The number of hydrogen-bond donors (Lipinski definition) is 2. The Bertz CT molecular complexity index is 971. The number of ketones is 1. The first-order valence-electron chi connectivity index (χ1n) is 7.97. The lowest BCUT2D eigenvalue weighted by molar-refractivity contribution is -0.142. The molecule has 0 fully saturated rings. The molecule has 0 aliphatic rings. The van der Waals surface area contributed by atoms with Gasteiger partial charge in [-0.1, -0.05) is 24.8 Å². The summed E-state index contributed by atoms with van der Waals surface area (Å²) in [4.78, 5) is 38.1. The lowest BCUT2D eigenvalue weighted by Crippen LogP contribution is -2.17. The summed E-state index contributed by atoms with van der Waals surface area (Å²) in [6.45, 7) is 5.02. The van der Waals surface area contributed by atoms with Crippen molar-refractivity contribution in [1.29, 1.82) is 0 Å². The smallest absolute Gasteiger partial charge is 0.343 e. The second-order valence-corrected chi connectivity index (χ2v) is 5.60. The van der Waals surface area contributed by atoms with Crippen LogP contribution in [-0.4, -0.2) is 35.6 Å². The molecule has 1 aromatic heterocycles. The maximum absolute atomic E-state index is 12.5. The average Bonchev–Trinajstić information content (AvgIpc) is 2.63. The van der Waals surface area contributed by atoms with Crippen LogP contribution >= 0.6 is 0 Å². The van der Waals surface area contributed by atoms with E-state index in [1.807, 2.05) is 0 Å². The molecular weight excluding hydrogens is 350 g/mol. The SMILES string of the molecule is C=CC(=CC(=O)c1c(O)cc(C)[nH]c1=O)c1cccc(OCC(=O)OC)c1. The van der Waals surface area contributed by atoms with Crippen molar-refractivity contribution in [3.63, 3.8) is 0 Å². The molecule has 2 aromatic rings. The lowest BCUT2D eigenvalue weighted by atomic mass is 10.0. The van der Waals surface area contributed by atoms with Gasteiger partial charge in [-0.25, -0.2) is 4.79 Å². The zero-order valence-electron chi connectivity index (χ0n) is 14.9. The standard InChI is InChI=1S/C20H19NO6/c1-4-13(10-17(23)19-16(22)8-12(2)21-20(19)25)14-6-5-7-15(9-14)27-11-18(24)26-3/h4-10H,1,11H2,2-3H3,(H2,21,22,25). The Morgan fingerprint density at radius 2 is 2.04 bits per heavy atom. The minimum atomic E-state index is -0.674. The van der Waals surface area contributed by atoms with Gasteiger partial charge in [-0.15, -0.1) is 0 Å². The third-order valence-electron chi connectivity index (χ3n) is 3.65. The predicted molar refractivity (Wildman–Crippen MR) is 99.9 cm³/mol. The third kappa shape index (κ3) is 4.94. The molecule has 1 aromatic carbocycles. The van der Waals surface area contributed by atoms with E-state index in [0.717, 1.165) is 0 Å². The van der Waals surface area contributed by atoms with Gasteiger partial charge in [0.2, 0.25) is 0 Å². The second-order valence-electron chi connectivity index (χ2n) is 5.60. The Morgan fingerprint density at radius 3 is 2.67 bits per heavy atom. The number of rotatable bonds is 7. The number of esters is 1. The van der Waals surface area contributed by atoms with E-state index in [4.69, 9.17) is 4.74 Å². The Balaban J connectivity index is 2.34. The van der Waals surface area contributed by atoms with Gasteiger partial charge in [0.05, 0.1) is 7.11 Å². The van der Waals surface area contributed by atoms with E-state index in [-0.39, 0.29) is 12.2 Å². The molecule has 0 aliphatic heterocycles. The van der Waals surface area contributed by atoms with Crippen molar-refractivity contribution in [1.82, 2.24) is 4.98 Å². The molecule has 0 unspecified atom stereocenters.